The molecule has 8 heteroatoms. The molecule has 2 aromatic carbocycles. The molecule has 0 bridgehead atoms. The van der Waals surface area contributed by atoms with E-state index < -0.39 is 0 Å². The number of nitrogens with zero attached hydrogens (tertiary/aromatic N) is 3. The van der Waals surface area contributed by atoms with Crippen molar-refractivity contribution in [2.75, 3.05) is 14.2 Å². The second kappa shape index (κ2) is 9.30. The molecule has 0 saturated carbocycles. The molecule has 3 rings (SSSR count). The van der Waals surface area contributed by atoms with Crippen molar-refractivity contribution in [2.24, 2.45) is 5.10 Å². The zero-order chi connectivity index (χ0) is 21.8. The van der Waals surface area contributed by atoms with Gasteiger partial charge in [-0.2, -0.15) is 9.78 Å². The molecule has 0 unspecified atom stereocenters. The smallest absolute Gasteiger partial charge is 0.282 e. The van der Waals surface area contributed by atoms with Gasteiger partial charge in [-0.15, -0.1) is 0 Å². The van der Waals surface area contributed by atoms with Crippen LogP contribution in [0.4, 0.5) is 0 Å². The van der Waals surface area contributed by atoms with Gasteiger partial charge in [0.15, 0.2) is 11.5 Å². The summed E-state index contributed by atoms with van der Waals surface area (Å²) in [5.41, 5.74) is 1.08. The van der Waals surface area contributed by atoms with Gasteiger partial charge in [0.05, 0.1) is 37.4 Å². The highest BCUT2D eigenvalue weighted by atomic mass is 79.9. The van der Waals surface area contributed by atoms with Crippen LogP contribution in [0.3, 0.4) is 0 Å². The van der Waals surface area contributed by atoms with Gasteiger partial charge in [0, 0.05) is 10.0 Å². The molecule has 1 atom stereocenters. The summed E-state index contributed by atoms with van der Waals surface area (Å²) in [6.07, 6.45) is 2.43. The number of benzene rings is 2. The first-order valence-electron chi connectivity index (χ1n) is 9.53. The number of halogens is 1. The van der Waals surface area contributed by atoms with Gasteiger partial charge in [0.25, 0.3) is 5.56 Å². The number of fused-ring (bicyclic) bond motifs is 1. The maximum absolute atomic E-state index is 12.9. The molecule has 1 aromatic heterocycles. The summed E-state index contributed by atoms with van der Waals surface area (Å²) in [7, 11) is 3.14. The van der Waals surface area contributed by atoms with Crippen LogP contribution in [0.25, 0.3) is 10.9 Å². The maximum Gasteiger partial charge on any atom is 0.282 e. The standard InChI is InChI=1S/C22H24BrN3O4/c1-6-13(2)30-21-19(28-4)9-15(10-20(21)29-5)12-24-26-14(3)25-18-8-7-16(23)11-17(18)22(26)27/h7-13H,6H2,1-5H3/t13-/m0/s1. The lowest BCUT2D eigenvalue weighted by atomic mass is 10.2. The van der Waals surface area contributed by atoms with Crippen LogP contribution in [-0.4, -0.2) is 36.2 Å². The van der Waals surface area contributed by atoms with E-state index >= 15 is 0 Å². The lowest BCUT2D eigenvalue weighted by Crippen LogP contribution is -2.20. The van der Waals surface area contributed by atoms with Gasteiger partial charge in [0.2, 0.25) is 5.75 Å². The highest BCUT2D eigenvalue weighted by Crippen LogP contribution is 2.39. The van der Waals surface area contributed by atoms with Crippen LogP contribution in [0.1, 0.15) is 31.7 Å². The molecule has 0 aliphatic rings. The monoisotopic (exact) mass is 473 g/mol. The Balaban J connectivity index is 2.05. The molecule has 0 radical (unpaired) electrons. The Morgan fingerprint density at radius 3 is 2.47 bits per heavy atom. The van der Waals surface area contributed by atoms with E-state index in [0.29, 0.717) is 39.5 Å². The normalized spacial score (nSPS) is 12.3. The van der Waals surface area contributed by atoms with E-state index in [2.05, 4.69) is 26.0 Å². The molecule has 0 fully saturated rings. The maximum atomic E-state index is 12.9. The second-order valence-electron chi connectivity index (χ2n) is 6.77. The molecule has 0 N–H and O–H groups in total. The van der Waals surface area contributed by atoms with Crippen molar-refractivity contribution < 1.29 is 14.2 Å². The number of rotatable bonds is 7. The Hall–Kier alpha value is -2.87. The molecule has 0 aliphatic carbocycles. The molecule has 30 heavy (non-hydrogen) atoms. The van der Waals surface area contributed by atoms with Gasteiger partial charge in [-0.1, -0.05) is 22.9 Å². The third-order valence-corrected chi connectivity index (χ3v) is 5.16. The van der Waals surface area contributed by atoms with Crippen LogP contribution in [0.15, 0.2) is 44.7 Å². The molecule has 0 amide bonds. The van der Waals surface area contributed by atoms with E-state index in [-0.39, 0.29) is 11.7 Å². The highest BCUT2D eigenvalue weighted by molar-refractivity contribution is 9.10. The zero-order valence-corrected chi connectivity index (χ0v) is 19.2. The molecular weight excluding hydrogens is 450 g/mol. The van der Waals surface area contributed by atoms with Gasteiger partial charge in [-0.3, -0.25) is 4.79 Å². The lowest BCUT2D eigenvalue weighted by Gasteiger charge is -2.18. The van der Waals surface area contributed by atoms with Crippen LogP contribution < -0.4 is 19.8 Å². The largest absolute Gasteiger partial charge is 0.493 e. The van der Waals surface area contributed by atoms with Crippen molar-refractivity contribution in [3.63, 3.8) is 0 Å². The third kappa shape index (κ3) is 4.48. The van der Waals surface area contributed by atoms with Crippen LogP contribution in [0.2, 0.25) is 0 Å². The van der Waals surface area contributed by atoms with Crippen molar-refractivity contribution in [2.45, 2.75) is 33.3 Å². The minimum Gasteiger partial charge on any atom is -0.493 e. The molecule has 158 valence electrons. The Morgan fingerprint density at radius 2 is 1.87 bits per heavy atom. The van der Waals surface area contributed by atoms with Gasteiger partial charge in [-0.05, 0) is 50.6 Å². The van der Waals surface area contributed by atoms with Gasteiger partial charge in [-0.25, -0.2) is 4.98 Å². The van der Waals surface area contributed by atoms with E-state index in [1.807, 2.05) is 19.9 Å². The zero-order valence-electron chi connectivity index (χ0n) is 17.6. The van der Waals surface area contributed by atoms with Gasteiger partial charge < -0.3 is 14.2 Å². The summed E-state index contributed by atoms with van der Waals surface area (Å²) < 4.78 is 19.0. The number of aryl methyl sites for hydroxylation is 1. The summed E-state index contributed by atoms with van der Waals surface area (Å²) >= 11 is 3.39. The number of hydrogen-bond donors (Lipinski definition) is 0. The summed E-state index contributed by atoms with van der Waals surface area (Å²) in [5.74, 6) is 2.08. The average molecular weight is 474 g/mol. The Labute approximate surface area is 183 Å². The third-order valence-electron chi connectivity index (χ3n) is 4.67. The highest BCUT2D eigenvalue weighted by Gasteiger charge is 2.16. The molecule has 3 aromatic rings. The van der Waals surface area contributed by atoms with Crippen molar-refractivity contribution in [1.82, 2.24) is 9.66 Å². The molecule has 7 nitrogen and oxygen atoms in total. The molecular formula is C22H24BrN3O4. The van der Waals surface area contributed by atoms with Gasteiger partial charge in [0.1, 0.15) is 5.82 Å². The minimum atomic E-state index is -0.245. The minimum absolute atomic E-state index is 0.0107. The molecule has 1 heterocycles. The van der Waals surface area contributed by atoms with E-state index in [1.165, 1.54) is 4.68 Å². The van der Waals surface area contributed by atoms with Gasteiger partial charge >= 0.3 is 0 Å². The Kier molecular flexibility index (Phi) is 6.77. The van der Waals surface area contributed by atoms with Crippen molar-refractivity contribution >= 4 is 33.0 Å². The van der Waals surface area contributed by atoms with Crippen molar-refractivity contribution in [3.05, 3.63) is 56.5 Å². The molecule has 0 aliphatic heterocycles. The average Bonchev–Trinajstić information content (AvgIpc) is 2.74. The van der Waals surface area contributed by atoms with Crippen LogP contribution in [0, 0.1) is 6.92 Å². The Morgan fingerprint density at radius 1 is 1.20 bits per heavy atom. The van der Waals surface area contributed by atoms with Crippen molar-refractivity contribution in [1.29, 1.82) is 0 Å². The predicted molar refractivity (Wildman–Crippen MR) is 121 cm³/mol. The van der Waals surface area contributed by atoms with E-state index in [1.54, 1.807) is 51.6 Å². The second-order valence-corrected chi connectivity index (χ2v) is 7.69. The fourth-order valence-electron chi connectivity index (χ4n) is 2.90. The first kappa shape index (κ1) is 21.8. The van der Waals surface area contributed by atoms with Crippen LogP contribution >= 0.6 is 15.9 Å². The van der Waals surface area contributed by atoms with Crippen LogP contribution in [-0.2, 0) is 0 Å². The molecule has 0 saturated heterocycles. The fraction of sp³-hybridized carbons (Fsp3) is 0.318. The number of hydrogen-bond acceptors (Lipinski definition) is 6. The first-order chi connectivity index (χ1) is 14.4. The number of aromatic nitrogens is 2. The number of ether oxygens (including phenoxy) is 3. The lowest BCUT2D eigenvalue weighted by molar-refractivity contribution is 0.198. The predicted octanol–water partition coefficient (Wildman–Crippen LogP) is 4.54. The van der Waals surface area contributed by atoms with E-state index in [4.69, 9.17) is 14.2 Å². The Bertz CT molecular complexity index is 1130. The summed E-state index contributed by atoms with van der Waals surface area (Å²) in [6, 6.07) is 8.96. The summed E-state index contributed by atoms with van der Waals surface area (Å²) in [6.45, 7) is 5.76. The van der Waals surface area contributed by atoms with E-state index in [9.17, 15) is 4.79 Å². The van der Waals surface area contributed by atoms with Crippen LogP contribution in [0.5, 0.6) is 17.2 Å². The SMILES string of the molecule is CC[C@H](C)Oc1c(OC)cc(C=Nn2c(C)nc3ccc(Br)cc3c2=O)cc1OC. The summed E-state index contributed by atoms with van der Waals surface area (Å²) in [4.78, 5) is 17.4. The quantitative estimate of drug-likeness (QED) is 0.470. The summed E-state index contributed by atoms with van der Waals surface area (Å²) in [5, 5.41) is 4.85. The molecule has 0 spiro atoms. The van der Waals surface area contributed by atoms with E-state index in [0.717, 1.165) is 10.9 Å². The fourth-order valence-corrected chi connectivity index (χ4v) is 3.26. The first-order valence-corrected chi connectivity index (χ1v) is 10.3. The number of methoxy groups -OCH3 is 2. The van der Waals surface area contributed by atoms with Crippen molar-refractivity contribution in [3.8, 4) is 17.2 Å². The topological polar surface area (TPSA) is 74.9 Å².